The molecule has 4 aromatic rings. The number of aliphatic hydroxyl groups is 1. The maximum Gasteiger partial charge on any atom is 0.573 e. The van der Waals surface area contributed by atoms with E-state index in [1.807, 2.05) is 0 Å². The van der Waals surface area contributed by atoms with Crippen LogP contribution in [0.25, 0.3) is 16.7 Å². The molecular weight excluding hydrogens is 453 g/mol. The van der Waals surface area contributed by atoms with Crippen molar-refractivity contribution in [3.05, 3.63) is 77.9 Å². The summed E-state index contributed by atoms with van der Waals surface area (Å²) in [6.45, 7) is 1.61. The first-order valence-corrected chi connectivity index (χ1v) is 10.1. The van der Waals surface area contributed by atoms with Crippen molar-refractivity contribution in [1.29, 1.82) is 0 Å². The Labute approximate surface area is 191 Å². The number of nitrogens with zero attached hydrogens (tertiary/aromatic N) is 3. The average Bonchev–Trinajstić information content (AvgIpc) is 3.21. The predicted molar refractivity (Wildman–Crippen MR) is 115 cm³/mol. The molecule has 1 amide bonds. The Bertz CT molecular complexity index is 1290. The number of alkyl halides is 3. The molecule has 1 heterocycles. The van der Waals surface area contributed by atoms with Gasteiger partial charge in [-0.05, 0) is 67.1 Å². The van der Waals surface area contributed by atoms with Crippen molar-refractivity contribution in [2.75, 3.05) is 0 Å². The van der Waals surface area contributed by atoms with E-state index in [2.05, 4.69) is 20.4 Å². The third-order valence-electron chi connectivity index (χ3n) is 4.69. The number of ether oxygens (including phenoxy) is 2. The van der Waals surface area contributed by atoms with Crippen LogP contribution in [0.3, 0.4) is 0 Å². The minimum absolute atomic E-state index is 0.162. The van der Waals surface area contributed by atoms with E-state index < -0.39 is 18.5 Å². The highest BCUT2D eigenvalue weighted by atomic mass is 19.4. The second-order valence-electron chi connectivity index (χ2n) is 7.33. The number of nitrogens with one attached hydrogen (secondary N) is 1. The topological polar surface area (TPSA) is 98.5 Å². The van der Waals surface area contributed by atoms with Gasteiger partial charge in [0.25, 0.3) is 5.91 Å². The molecule has 0 bridgehead atoms. The fourth-order valence-electron chi connectivity index (χ4n) is 3.17. The summed E-state index contributed by atoms with van der Waals surface area (Å²) in [5.74, 6) is -0.160. The maximum absolute atomic E-state index is 12.2. The Morgan fingerprint density at radius 1 is 1.06 bits per heavy atom. The second kappa shape index (κ2) is 9.40. The van der Waals surface area contributed by atoms with E-state index in [4.69, 9.17) is 4.74 Å². The zero-order valence-corrected chi connectivity index (χ0v) is 17.8. The van der Waals surface area contributed by atoms with Gasteiger partial charge in [-0.3, -0.25) is 4.79 Å². The summed E-state index contributed by atoms with van der Waals surface area (Å²) in [5, 5.41) is 19.9. The Balaban J connectivity index is 1.42. The van der Waals surface area contributed by atoms with Gasteiger partial charge in [0.05, 0.1) is 11.2 Å². The van der Waals surface area contributed by atoms with Crippen LogP contribution in [-0.4, -0.2) is 38.6 Å². The monoisotopic (exact) mass is 472 g/mol. The zero-order chi connectivity index (χ0) is 24.3. The summed E-state index contributed by atoms with van der Waals surface area (Å²) in [7, 11) is 0. The van der Waals surface area contributed by atoms with Crippen molar-refractivity contribution in [1.82, 2.24) is 20.3 Å². The number of hydrogen-bond donors (Lipinski definition) is 2. The van der Waals surface area contributed by atoms with E-state index in [0.29, 0.717) is 33.6 Å². The van der Waals surface area contributed by atoms with Crippen LogP contribution in [-0.2, 0) is 6.61 Å². The van der Waals surface area contributed by atoms with Crippen molar-refractivity contribution in [2.24, 2.45) is 0 Å². The summed E-state index contributed by atoms with van der Waals surface area (Å²) in [6, 6.07) is 17.4. The lowest BCUT2D eigenvalue weighted by atomic mass is 10.2. The molecular formula is C23H19F3N4O4. The molecule has 0 saturated carbocycles. The highest BCUT2D eigenvalue weighted by Crippen LogP contribution is 2.24. The molecule has 3 aromatic carbocycles. The van der Waals surface area contributed by atoms with Crippen molar-refractivity contribution in [3.8, 4) is 17.2 Å². The van der Waals surface area contributed by atoms with Gasteiger partial charge in [0.15, 0.2) is 0 Å². The highest BCUT2D eigenvalue weighted by molar-refractivity contribution is 5.97. The Kier molecular flexibility index (Phi) is 6.37. The van der Waals surface area contributed by atoms with Crippen molar-refractivity contribution in [2.45, 2.75) is 26.1 Å². The van der Waals surface area contributed by atoms with E-state index in [1.54, 1.807) is 47.1 Å². The molecule has 0 aliphatic heterocycles. The fraction of sp³-hybridized carbons (Fsp3) is 0.174. The first-order chi connectivity index (χ1) is 16.2. The number of halogens is 3. The molecule has 8 nitrogen and oxygen atoms in total. The number of amides is 1. The first-order valence-electron chi connectivity index (χ1n) is 10.1. The summed E-state index contributed by atoms with van der Waals surface area (Å²) in [6.07, 6.45) is -5.70. The van der Waals surface area contributed by atoms with Crippen LogP contribution in [0, 0.1) is 0 Å². The maximum atomic E-state index is 12.2. The van der Waals surface area contributed by atoms with Crippen molar-refractivity contribution in [3.63, 3.8) is 0 Å². The first kappa shape index (κ1) is 23.1. The van der Waals surface area contributed by atoms with Crippen molar-refractivity contribution < 1.29 is 32.5 Å². The average molecular weight is 472 g/mol. The molecule has 0 saturated heterocycles. The molecule has 176 valence electrons. The summed E-state index contributed by atoms with van der Waals surface area (Å²) in [4.78, 5) is 12.1. The van der Waals surface area contributed by atoms with E-state index in [-0.39, 0.29) is 12.4 Å². The molecule has 34 heavy (non-hydrogen) atoms. The number of aliphatic hydroxyl groups excluding tert-OH is 1. The number of rotatable bonds is 7. The molecule has 0 radical (unpaired) electrons. The third-order valence-corrected chi connectivity index (χ3v) is 4.69. The van der Waals surface area contributed by atoms with Gasteiger partial charge in [0, 0.05) is 5.56 Å². The van der Waals surface area contributed by atoms with Gasteiger partial charge in [-0.1, -0.05) is 17.3 Å². The van der Waals surface area contributed by atoms with Crippen LogP contribution in [0.5, 0.6) is 11.5 Å². The number of benzene rings is 3. The standard InChI is InChI=1S/C23H19F3N4O4/c1-14(31)27-22(32)16-4-11-21-20(12-16)28-29-30(21)17-5-9-18(10-6-17)33-13-15-2-7-19(8-3-15)34-23(24,25)26/h2-12,14,31H,13H2,1H3,(H,27,32). The van der Waals surface area contributed by atoms with Crippen LogP contribution in [0.4, 0.5) is 13.2 Å². The molecule has 1 atom stereocenters. The number of aromatic nitrogens is 3. The lowest BCUT2D eigenvalue weighted by Gasteiger charge is -2.10. The Morgan fingerprint density at radius 2 is 1.74 bits per heavy atom. The summed E-state index contributed by atoms with van der Waals surface area (Å²) >= 11 is 0. The number of carbonyl (C=O) groups excluding carboxylic acids is 1. The van der Waals surface area contributed by atoms with Crippen molar-refractivity contribution >= 4 is 16.9 Å². The van der Waals surface area contributed by atoms with Gasteiger partial charge in [-0.2, -0.15) is 0 Å². The van der Waals surface area contributed by atoms with Gasteiger partial charge < -0.3 is 19.9 Å². The fourth-order valence-corrected chi connectivity index (χ4v) is 3.17. The molecule has 2 N–H and O–H groups in total. The molecule has 4 rings (SSSR count). The van der Waals surface area contributed by atoms with E-state index >= 15 is 0 Å². The predicted octanol–water partition coefficient (Wildman–Crippen LogP) is 3.97. The molecule has 1 aromatic heterocycles. The normalized spacial score (nSPS) is 12.4. The lowest BCUT2D eigenvalue weighted by molar-refractivity contribution is -0.274. The molecule has 0 spiro atoms. The largest absolute Gasteiger partial charge is 0.573 e. The van der Waals surface area contributed by atoms with Gasteiger partial charge in [0.2, 0.25) is 0 Å². The molecule has 0 aliphatic rings. The van der Waals surface area contributed by atoms with E-state index in [1.165, 1.54) is 31.2 Å². The highest BCUT2D eigenvalue weighted by Gasteiger charge is 2.30. The second-order valence-corrected chi connectivity index (χ2v) is 7.33. The molecule has 11 heteroatoms. The zero-order valence-electron chi connectivity index (χ0n) is 17.8. The SMILES string of the molecule is CC(O)NC(=O)c1ccc2c(c1)nnn2-c1ccc(OCc2ccc(OC(F)(F)F)cc2)cc1. The minimum atomic E-state index is -4.73. The molecule has 0 aliphatic carbocycles. The molecule has 1 unspecified atom stereocenters. The number of fused-ring (bicyclic) bond motifs is 1. The lowest BCUT2D eigenvalue weighted by Crippen LogP contribution is -2.31. The third kappa shape index (κ3) is 5.62. The quantitative estimate of drug-likeness (QED) is 0.395. The number of hydrogen-bond acceptors (Lipinski definition) is 6. The minimum Gasteiger partial charge on any atom is -0.489 e. The summed E-state index contributed by atoms with van der Waals surface area (Å²) in [5.41, 5.74) is 2.93. The number of carbonyl (C=O) groups is 1. The van der Waals surface area contributed by atoms with E-state index in [9.17, 15) is 23.1 Å². The summed E-state index contributed by atoms with van der Waals surface area (Å²) < 4.78 is 47.9. The Morgan fingerprint density at radius 3 is 2.38 bits per heavy atom. The van der Waals surface area contributed by atoms with Crippen LogP contribution < -0.4 is 14.8 Å². The van der Waals surface area contributed by atoms with Crippen LogP contribution >= 0.6 is 0 Å². The molecule has 0 fully saturated rings. The van der Waals surface area contributed by atoms with Crippen LogP contribution in [0.2, 0.25) is 0 Å². The van der Waals surface area contributed by atoms with Gasteiger partial charge in [-0.15, -0.1) is 18.3 Å². The Hall–Kier alpha value is -4.12. The van der Waals surface area contributed by atoms with E-state index in [0.717, 1.165) is 0 Å². The van der Waals surface area contributed by atoms with Crippen LogP contribution in [0.1, 0.15) is 22.8 Å². The van der Waals surface area contributed by atoms with Gasteiger partial charge in [-0.25, -0.2) is 4.68 Å². The smallest absolute Gasteiger partial charge is 0.489 e. The van der Waals surface area contributed by atoms with Gasteiger partial charge >= 0.3 is 6.36 Å². The van der Waals surface area contributed by atoms with Gasteiger partial charge in [0.1, 0.15) is 29.9 Å². The van der Waals surface area contributed by atoms with Crippen LogP contribution in [0.15, 0.2) is 66.7 Å².